The lowest BCUT2D eigenvalue weighted by atomic mass is 10.1. The molecule has 0 radical (unpaired) electrons. The summed E-state index contributed by atoms with van der Waals surface area (Å²) in [6.07, 6.45) is 1.64. The Morgan fingerprint density at radius 1 is 1.56 bits per heavy atom. The fourth-order valence-electron chi connectivity index (χ4n) is 1.65. The van der Waals surface area contributed by atoms with E-state index in [2.05, 4.69) is 4.98 Å². The highest BCUT2D eigenvalue weighted by Crippen LogP contribution is 2.31. The fourth-order valence-corrected chi connectivity index (χ4v) is 2.52. The fraction of sp³-hybridized carbons (Fsp3) is 0.636. The molecule has 0 bridgehead atoms. The van der Waals surface area contributed by atoms with Crippen molar-refractivity contribution in [2.75, 3.05) is 11.4 Å². The SMILES string of the molecule is CC(C)(C)OC(=O)N1CCCc2ncsc21. The van der Waals surface area contributed by atoms with E-state index < -0.39 is 5.60 Å². The molecule has 2 rings (SSSR count). The summed E-state index contributed by atoms with van der Waals surface area (Å²) >= 11 is 1.50. The number of rotatable bonds is 0. The van der Waals surface area contributed by atoms with E-state index in [9.17, 15) is 4.79 Å². The number of anilines is 1. The molecule has 1 aromatic rings. The monoisotopic (exact) mass is 240 g/mol. The minimum atomic E-state index is -0.445. The van der Waals surface area contributed by atoms with Gasteiger partial charge in [0.25, 0.3) is 0 Å². The molecule has 0 saturated carbocycles. The number of carbonyl (C=O) groups excluding carboxylic acids is 1. The lowest BCUT2D eigenvalue weighted by Gasteiger charge is -2.29. The van der Waals surface area contributed by atoms with Crippen LogP contribution in [0.3, 0.4) is 0 Å². The number of fused-ring (bicyclic) bond motifs is 1. The molecular weight excluding hydrogens is 224 g/mol. The second-order valence-electron chi connectivity index (χ2n) is 4.84. The Hall–Kier alpha value is -1.10. The zero-order chi connectivity index (χ0) is 11.8. The van der Waals surface area contributed by atoms with Gasteiger partial charge in [0.1, 0.15) is 10.6 Å². The number of carbonyl (C=O) groups is 1. The number of thiazole rings is 1. The third kappa shape index (κ3) is 2.35. The van der Waals surface area contributed by atoms with Crippen LogP contribution in [0.5, 0.6) is 0 Å². The minimum Gasteiger partial charge on any atom is -0.443 e. The van der Waals surface area contributed by atoms with E-state index >= 15 is 0 Å². The molecule has 0 aliphatic carbocycles. The average molecular weight is 240 g/mol. The van der Waals surface area contributed by atoms with Crippen LogP contribution in [0.25, 0.3) is 0 Å². The third-order valence-corrected chi connectivity index (χ3v) is 3.16. The number of aryl methyl sites for hydroxylation is 1. The first-order chi connectivity index (χ1) is 7.47. The summed E-state index contributed by atoms with van der Waals surface area (Å²) in [7, 11) is 0. The van der Waals surface area contributed by atoms with Crippen LogP contribution >= 0.6 is 11.3 Å². The second-order valence-corrected chi connectivity index (χ2v) is 5.67. The van der Waals surface area contributed by atoms with Crippen molar-refractivity contribution < 1.29 is 9.53 Å². The summed E-state index contributed by atoms with van der Waals surface area (Å²) in [5.41, 5.74) is 2.36. The summed E-state index contributed by atoms with van der Waals surface area (Å²) in [5.74, 6) is 0. The predicted molar refractivity (Wildman–Crippen MR) is 64.0 cm³/mol. The van der Waals surface area contributed by atoms with Crippen LogP contribution in [0, 0.1) is 0 Å². The van der Waals surface area contributed by atoms with Crippen molar-refractivity contribution in [2.45, 2.75) is 39.2 Å². The highest BCUT2D eigenvalue weighted by atomic mass is 32.1. The summed E-state index contributed by atoms with van der Waals surface area (Å²) in [4.78, 5) is 17.9. The molecule has 1 aromatic heterocycles. The highest BCUT2D eigenvalue weighted by Gasteiger charge is 2.28. The predicted octanol–water partition coefficient (Wildman–Crippen LogP) is 2.83. The van der Waals surface area contributed by atoms with E-state index in [1.807, 2.05) is 20.8 Å². The maximum atomic E-state index is 12.0. The Morgan fingerprint density at radius 2 is 2.31 bits per heavy atom. The molecule has 0 saturated heterocycles. The Morgan fingerprint density at radius 3 is 3.00 bits per heavy atom. The summed E-state index contributed by atoms with van der Waals surface area (Å²) in [6, 6.07) is 0. The van der Waals surface area contributed by atoms with E-state index in [0.29, 0.717) is 0 Å². The van der Waals surface area contributed by atoms with Crippen LogP contribution in [0.4, 0.5) is 9.80 Å². The molecule has 0 spiro atoms. The molecule has 16 heavy (non-hydrogen) atoms. The summed E-state index contributed by atoms with van der Waals surface area (Å²) < 4.78 is 5.37. The molecule has 5 heteroatoms. The maximum Gasteiger partial charge on any atom is 0.415 e. The van der Waals surface area contributed by atoms with Gasteiger partial charge in [0, 0.05) is 6.54 Å². The first-order valence-corrected chi connectivity index (χ1v) is 6.28. The summed E-state index contributed by atoms with van der Waals surface area (Å²) in [5, 5.41) is 0.945. The van der Waals surface area contributed by atoms with Gasteiger partial charge in [-0.25, -0.2) is 9.78 Å². The van der Waals surface area contributed by atoms with Gasteiger partial charge in [0.05, 0.1) is 11.2 Å². The van der Waals surface area contributed by atoms with E-state index in [-0.39, 0.29) is 6.09 Å². The smallest absolute Gasteiger partial charge is 0.415 e. The molecular formula is C11H16N2O2S. The molecule has 0 unspecified atom stereocenters. The lowest BCUT2D eigenvalue weighted by molar-refractivity contribution is 0.0579. The van der Waals surface area contributed by atoms with Gasteiger partial charge in [0.15, 0.2) is 0 Å². The number of aromatic nitrogens is 1. The van der Waals surface area contributed by atoms with Crippen molar-refractivity contribution in [2.24, 2.45) is 0 Å². The normalized spacial score (nSPS) is 15.8. The van der Waals surface area contributed by atoms with Gasteiger partial charge in [-0.05, 0) is 33.6 Å². The van der Waals surface area contributed by atoms with Gasteiger partial charge in [-0.3, -0.25) is 4.90 Å². The van der Waals surface area contributed by atoms with Gasteiger partial charge < -0.3 is 4.74 Å². The van der Waals surface area contributed by atoms with Gasteiger partial charge >= 0.3 is 6.09 Å². The van der Waals surface area contributed by atoms with Crippen molar-refractivity contribution in [3.8, 4) is 0 Å². The minimum absolute atomic E-state index is 0.266. The summed E-state index contributed by atoms with van der Waals surface area (Å²) in [6.45, 7) is 6.36. The maximum absolute atomic E-state index is 12.0. The lowest BCUT2D eigenvalue weighted by Crippen LogP contribution is -2.39. The van der Waals surface area contributed by atoms with E-state index in [4.69, 9.17) is 4.74 Å². The first kappa shape index (κ1) is 11.4. The van der Waals surface area contributed by atoms with Gasteiger partial charge in [-0.1, -0.05) is 0 Å². The third-order valence-electron chi connectivity index (χ3n) is 2.27. The Labute approximate surface area is 99.2 Å². The first-order valence-electron chi connectivity index (χ1n) is 5.40. The number of hydrogen-bond acceptors (Lipinski definition) is 4. The molecule has 1 amide bonds. The Kier molecular flexibility index (Phi) is 2.88. The van der Waals surface area contributed by atoms with Crippen LogP contribution in [-0.4, -0.2) is 23.2 Å². The molecule has 1 aliphatic rings. The Bertz CT molecular complexity index is 395. The van der Waals surface area contributed by atoms with Crippen molar-refractivity contribution in [1.29, 1.82) is 0 Å². The topological polar surface area (TPSA) is 42.4 Å². The zero-order valence-corrected chi connectivity index (χ0v) is 10.6. The van der Waals surface area contributed by atoms with Crippen LogP contribution < -0.4 is 4.90 Å². The highest BCUT2D eigenvalue weighted by molar-refractivity contribution is 7.14. The second kappa shape index (κ2) is 4.05. The van der Waals surface area contributed by atoms with Gasteiger partial charge in [-0.15, -0.1) is 11.3 Å². The van der Waals surface area contributed by atoms with Gasteiger partial charge in [-0.2, -0.15) is 0 Å². The van der Waals surface area contributed by atoms with Crippen LogP contribution in [0.15, 0.2) is 5.51 Å². The van der Waals surface area contributed by atoms with E-state index in [1.54, 1.807) is 10.4 Å². The number of ether oxygens (including phenoxy) is 1. The van der Waals surface area contributed by atoms with Crippen molar-refractivity contribution in [3.63, 3.8) is 0 Å². The van der Waals surface area contributed by atoms with E-state index in [0.717, 1.165) is 30.1 Å². The largest absolute Gasteiger partial charge is 0.443 e. The van der Waals surface area contributed by atoms with Crippen LogP contribution in [-0.2, 0) is 11.2 Å². The molecule has 0 atom stereocenters. The molecule has 1 aliphatic heterocycles. The average Bonchev–Trinajstić information content (AvgIpc) is 2.61. The van der Waals surface area contributed by atoms with Gasteiger partial charge in [0.2, 0.25) is 0 Å². The van der Waals surface area contributed by atoms with E-state index in [1.165, 1.54) is 11.3 Å². The van der Waals surface area contributed by atoms with Crippen LogP contribution in [0.2, 0.25) is 0 Å². The molecule has 4 nitrogen and oxygen atoms in total. The quantitative estimate of drug-likeness (QED) is 0.700. The van der Waals surface area contributed by atoms with Crippen molar-refractivity contribution in [3.05, 3.63) is 11.2 Å². The zero-order valence-electron chi connectivity index (χ0n) is 9.82. The number of amides is 1. The Balaban J connectivity index is 2.15. The molecule has 88 valence electrons. The molecule has 2 heterocycles. The number of hydrogen-bond donors (Lipinski definition) is 0. The molecule has 0 aromatic carbocycles. The molecule has 0 N–H and O–H groups in total. The van der Waals surface area contributed by atoms with Crippen molar-refractivity contribution in [1.82, 2.24) is 4.98 Å². The standard InChI is InChI=1S/C11H16N2O2S/c1-11(2,3)15-10(14)13-6-4-5-8-9(13)16-7-12-8/h7H,4-6H2,1-3H3. The molecule has 0 fully saturated rings. The van der Waals surface area contributed by atoms with Crippen LogP contribution in [0.1, 0.15) is 32.9 Å². The number of nitrogens with zero attached hydrogens (tertiary/aromatic N) is 2. The van der Waals surface area contributed by atoms with Crippen molar-refractivity contribution >= 4 is 22.4 Å².